The van der Waals surface area contributed by atoms with Crippen LogP contribution in [0.3, 0.4) is 0 Å². The van der Waals surface area contributed by atoms with E-state index >= 15 is 0 Å². The van der Waals surface area contributed by atoms with Crippen LogP contribution in [-0.4, -0.2) is 42.3 Å². The van der Waals surface area contributed by atoms with Gasteiger partial charge in [0.2, 0.25) is 0 Å². The van der Waals surface area contributed by atoms with Crippen molar-refractivity contribution in [3.05, 3.63) is 0 Å². The Morgan fingerprint density at radius 1 is 1.20 bits per heavy atom. The van der Waals surface area contributed by atoms with Gasteiger partial charge >= 0.3 is 12.1 Å². The molecule has 2 aliphatic rings. The van der Waals surface area contributed by atoms with E-state index in [9.17, 15) is 9.59 Å². The van der Waals surface area contributed by atoms with Gasteiger partial charge in [-0.05, 0) is 52.4 Å². The lowest BCUT2D eigenvalue weighted by Crippen LogP contribution is -2.36. The van der Waals surface area contributed by atoms with Crippen LogP contribution in [0.5, 0.6) is 0 Å². The molecule has 5 heteroatoms. The Bertz CT molecular complexity index is 384. The zero-order valence-corrected chi connectivity index (χ0v) is 12.8. The Morgan fingerprint density at radius 3 is 2.35 bits per heavy atom. The van der Waals surface area contributed by atoms with Crippen molar-refractivity contribution < 1.29 is 19.1 Å². The standard InChI is InChI=1S/C15H25NO4/c1-5-19-13(17)12-9-16(8-11(12)10-6-7-10)14(18)20-15(2,3)4/h10-12H,5-9H2,1-4H3. The number of hydrogen-bond acceptors (Lipinski definition) is 4. The highest BCUT2D eigenvalue weighted by Gasteiger charge is 2.48. The summed E-state index contributed by atoms with van der Waals surface area (Å²) in [4.78, 5) is 25.8. The van der Waals surface area contributed by atoms with Crippen LogP contribution in [-0.2, 0) is 14.3 Å². The van der Waals surface area contributed by atoms with Crippen LogP contribution in [0.2, 0.25) is 0 Å². The molecule has 0 spiro atoms. The SMILES string of the molecule is CCOC(=O)C1CN(C(=O)OC(C)(C)C)CC1C1CC1. The lowest BCUT2D eigenvalue weighted by molar-refractivity contribution is -0.149. The van der Waals surface area contributed by atoms with E-state index in [1.54, 1.807) is 4.90 Å². The zero-order valence-electron chi connectivity index (χ0n) is 12.8. The minimum absolute atomic E-state index is 0.171. The van der Waals surface area contributed by atoms with E-state index in [4.69, 9.17) is 9.47 Å². The van der Waals surface area contributed by atoms with Crippen molar-refractivity contribution in [2.24, 2.45) is 17.8 Å². The van der Waals surface area contributed by atoms with Gasteiger partial charge in [-0.3, -0.25) is 4.79 Å². The molecule has 2 atom stereocenters. The highest BCUT2D eigenvalue weighted by atomic mass is 16.6. The molecule has 1 heterocycles. The van der Waals surface area contributed by atoms with E-state index in [1.807, 2.05) is 27.7 Å². The molecule has 1 amide bonds. The summed E-state index contributed by atoms with van der Waals surface area (Å²) in [6.07, 6.45) is 1.99. The lowest BCUT2D eigenvalue weighted by Gasteiger charge is -2.24. The molecule has 0 bridgehead atoms. The molecule has 0 N–H and O–H groups in total. The van der Waals surface area contributed by atoms with Gasteiger partial charge in [0, 0.05) is 13.1 Å². The number of likely N-dealkylation sites (tertiary alicyclic amines) is 1. The number of esters is 1. The summed E-state index contributed by atoms with van der Waals surface area (Å²) in [7, 11) is 0. The Hall–Kier alpha value is -1.26. The second-order valence-corrected chi connectivity index (χ2v) is 6.75. The summed E-state index contributed by atoms with van der Waals surface area (Å²) >= 11 is 0. The molecule has 0 aromatic rings. The molecule has 0 aromatic heterocycles. The summed E-state index contributed by atoms with van der Waals surface area (Å²) in [6.45, 7) is 8.79. The van der Waals surface area contributed by atoms with Crippen LogP contribution in [0.4, 0.5) is 4.79 Å². The molecule has 20 heavy (non-hydrogen) atoms. The van der Waals surface area contributed by atoms with Gasteiger partial charge in [-0.25, -0.2) is 4.79 Å². The Balaban J connectivity index is 2.00. The zero-order chi connectivity index (χ0) is 14.9. The van der Waals surface area contributed by atoms with Gasteiger partial charge in [-0.2, -0.15) is 0 Å². The fraction of sp³-hybridized carbons (Fsp3) is 0.867. The Kier molecular flexibility index (Phi) is 4.25. The third-order valence-electron chi connectivity index (χ3n) is 3.83. The van der Waals surface area contributed by atoms with E-state index in [-0.39, 0.29) is 23.9 Å². The van der Waals surface area contributed by atoms with Crippen LogP contribution < -0.4 is 0 Å². The van der Waals surface area contributed by atoms with E-state index in [2.05, 4.69) is 0 Å². The number of ether oxygens (including phenoxy) is 2. The third-order valence-corrected chi connectivity index (χ3v) is 3.83. The number of hydrogen-bond donors (Lipinski definition) is 0. The van der Waals surface area contributed by atoms with Crippen molar-refractivity contribution in [2.75, 3.05) is 19.7 Å². The molecule has 0 radical (unpaired) electrons. The molecule has 1 aliphatic heterocycles. The van der Waals surface area contributed by atoms with Crippen LogP contribution >= 0.6 is 0 Å². The summed E-state index contributed by atoms with van der Waals surface area (Å²) in [5.41, 5.74) is -0.506. The average molecular weight is 283 g/mol. The molecule has 1 aliphatic carbocycles. The average Bonchev–Trinajstić information content (AvgIpc) is 3.06. The monoisotopic (exact) mass is 283 g/mol. The topological polar surface area (TPSA) is 55.8 Å². The molecule has 0 aromatic carbocycles. The number of carbonyl (C=O) groups excluding carboxylic acids is 2. The molecule has 2 fully saturated rings. The first-order valence-corrected chi connectivity index (χ1v) is 7.46. The normalized spacial score (nSPS) is 26.5. The van der Waals surface area contributed by atoms with Crippen LogP contribution in [0.1, 0.15) is 40.5 Å². The van der Waals surface area contributed by atoms with E-state index < -0.39 is 5.60 Å². The van der Waals surface area contributed by atoms with E-state index in [1.165, 1.54) is 0 Å². The predicted octanol–water partition coefficient (Wildman–Crippen LogP) is 2.44. The number of carbonyl (C=O) groups is 2. The Morgan fingerprint density at radius 2 is 1.85 bits per heavy atom. The van der Waals surface area contributed by atoms with Gasteiger partial charge in [0.1, 0.15) is 5.60 Å². The number of amides is 1. The smallest absolute Gasteiger partial charge is 0.410 e. The van der Waals surface area contributed by atoms with Crippen molar-refractivity contribution in [3.8, 4) is 0 Å². The molecule has 2 unspecified atom stereocenters. The minimum Gasteiger partial charge on any atom is -0.466 e. The quantitative estimate of drug-likeness (QED) is 0.747. The van der Waals surface area contributed by atoms with Crippen LogP contribution in [0.15, 0.2) is 0 Å². The molecule has 5 nitrogen and oxygen atoms in total. The van der Waals surface area contributed by atoms with Gasteiger partial charge < -0.3 is 14.4 Å². The van der Waals surface area contributed by atoms with Gasteiger partial charge in [0.25, 0.3) is 0 Å². The van der Waals surface area contributed by atoms with Gasteiger partial charge in [-0.1, -0.05) is 0 Å². The first kappa shape index (κ1) is 15.1. The van der Waals surface area contributed by atoms with Crippen LogP contribution in [0, 0.1) is 17.8 Å². The van der Waals surface area contributed by atoms with Gasteiger partial charge in [0.05, 0.1) is 12.5 Å². The van der Waals surface area contributed by atoms with Crippen molar-refractivity contribution in [2.45, 2.75) is 46.1 Å². The summed E-state index contributed by atoms with van der Waals surface area (Å²) in [5.74, 6) is 0.448. The van der Waals surface area contributed by atoms with Crippen molar-refractivity contribution in [3.63, 3.8) is 0 Å². The highest BCUT2D eigenvalue weighted by molar-refractivity contribution is 5.76. The maximum absolute atomic E-state index is 12.1. The first-order chi connectivity index (χ1) is 9.31. The lowest BCUT2D eigenvalue weighted by atomic mass is 9.92. The van der Waals surface area contributed by atoms with Gasteiger partial charge in [0.15, 0.2) is 0 Å². The second-order valence-electron chi connectivity index (χ2n) is 6.75. The fourth-order valence-electron chi connectivity index (χ4n) is 2.81. The Labute approximate surface area is 120 Å². The third kappa shape index (κ3) is 3.64. The maximum atomic E-state index is 12.1. The van der Waals surface area contributed by atoms with Crippen molar-refractivity contribution >= 4 is 12.1 Å². The maximum Gasteiger partial charge on any atom is 0.410 e. The highest BCUT2D eigenvalue weighted by Crippen LogP contribution is 2.44. The fourth-order valence-corrected chi connectivity index (χ4v) is 2.81. The number of nitrogens with zero attached hydrogens (tertiary/aromatic N) is 1. The number of rotatable bonds is 3. The second kappa shape index (κ2) is 5.62. The molecule has 2 rings (SSSR count). The van der Waals surface area contributed by atoms with Crippen molar-refractivity contribution in [1.82, 2.24) is 4.90 Å². The summed E-state index contributed by atoms with van der Waals surface area (Å²) in [6, 6.07) is 0. The molecular formula is C15H25NO4. The summed E-state index contributed by atoms with van der Waals surface area (Å²) in [5, 5.41) is 0. The van der Waals surface area contributed by atoms with Crippen molar-refractivity contribution in [1.29, 1.82) is 0 Å². The minimum atomic E-state index is -0.506. The largest absolute Gasteiger partial charge is 0.466 e. The van der Waals surface area contributed by atoms with Gasteiger partial charge in [-0.15, -0.1) is 0 Å². The van der Waals surface area contributed by atoms with Crippen LogP contribution in [0.25, 0.3) is 0 Å². The molecule has 114 valence electrons. The predicted molar refractivity (Wildman–Crippen MR) is 74.1 cm³/mol. The summed E-state index contributed by atoms with van der Waals surface area (Å²) < 4.78 is 10.5. The first-order valence-electron chi connectivity index (χ1n) is 7.46. The molecular weight excluding hydrogens is 258 g/mol. The molecule has 1 saturated carbocycles. The van der Waals surface area contributed by atoms with E-state index in [0.29, 0.717) is 25.6 Å². The molecule has 1 saturated heterocycles. The van der Waals surface area contributed by atoms with E-state index in [0.717, 1.165) is 12.8 Å².